The summed E-state index contributed by atoms with van der Waals surface area (Å²) in [5.41, 5.74) is -0.396. The van der Waals surface area contributed by atoms with Crippen LogP contribution in [0.15, 0.2) is 0 Å². The summed E-state index contributed by atoms with van der Waals surface area (Å²) in [5.74, 6) is 0.929. The lowest BCUT2D eigenvalue weighted by Crippen LogP contribution is -2.33. The quantitative estimate of drug-likeness (QED) is 0.558. The first kappa shape index (κ1) is 16.2. The molecule has 108 valence electrons. The summed E-state index contributed by atoms with van der Waals surface area (Å²) >= 11 is 1.54. The zero-order chi connectivity index (χ0) is 13.4. The van der Waals surface area contributed by atoms with Crippen LogP contribution in [0.4, 0.5) is 0 Å². The van der Waals surface area contributed by atoms with Gasteiger partial charge in [-0.05, 0) is 12.2 Å². The van der Waals surface area contributed by atoms with Gasteiger partial charge in [0.15, 0.2) is 0 Å². The fourth-order valence-corrected chi connectivity index (χ4v) is 3.27. The van der Waals surface area contributed by atoms with E-state index in [1.165, 1.54) is 43.9 Å². The second kappa shape index (κ2) is 9.15. The molecule has 0 radical (unpaired) electrons. The van der Waals surface area contributed by atoms with Crippen molar-refractivity contribution >= 4 is 11.8 Å². The predicted molar refractivity (Wildman–Crippen MR) is 73.6 cm³/mol. The average Bonchev–Trinajstić information content (AvgIpc) is 2.65. The molecule has 1 aliphatic rings. The molecule has 4 atom stereocenters. The van der Waals surface area contributed by atoms with Crippen LogP contribution in [0.2, 0.25) is 0 Å². The lowest BCUT2D eigenvalue weighted by molar-refractivity contribution is -0.00808. The monoisotopic (exact) mass is 278 g/mol. The second-order valence-electron chi connectivity index (χ2n) is 4.85. The van der Waals surface area contributed by atoms with Crippen molar-refractivity contribution in [3.8, 4) is 0 Å². The van der Waals surface area contributed by atoms with Gasteiger partial charge in [0.1, 0.15) is 23.7 Å². The maximum Gasteiger partial charge on any atom is 0.132 e. The standard InChI is InChI=1S/C13H26O4S/c1-2-3-4-5-6-7-8-18-13-12(16)11(15)10(9-14)17-13/h10-16H,2-9H2,1H3/t10-,11+,12+,13-/m1/s1. The van der Waals surface area contributed by atoms with E-state index in [1.807, 2.05) is 0 Å². The number of aliphatic hydroxyl groups is 3. The molecule has 18 heavy (non-hydrogen) atoms. The van der Waals surface area contributed by atoms with Crippen LogP contribution in [0.25, 0.3) is 0 Å². The van der Waals surface area contributed by atoms with Gasteiger partial charge < -0.3 is 20.1 Å². The molecule has 1 aliphatic heterocycles. The van der Waals surface area contributed by atoms with Crippen LogP contribution in [0.5, 0.6) is 0 Å². The number of unbranched alkanes of at least 4 members (excludes halogenated alkanes) is 5. The minimum atomic E-state index is -0.961. The van der Waals surface area contributed by atoms with Gasteiger partial charge >= 0.3 is 0 Å². The van der Waals surface area contributed by atoms with Gasteiger partial charge in [0, 0.05) is 0 Å². The third-order valence-electron chi connectivity index (χ3n) is 3.28. The zero-order valence-electron chi connectivity index (χ0n) is 11.1. The summed E-state index contributed by atoms with van der Waals surface area (Å²) in [6.45, 7) is 1.96. The highest BCUT2D eigenvalue weighted by molar-refractivity contribution is 7.99. The molecule has 5 heteroatoms. The van der Waals surface area contributed by atoms with Gasteiger partial charge in [-0.1, -0.05) is 39.0 Å². The van der Waals surface area contributed by atoms with Gasteiger partial charge in [-0.3, -0.25) is 0 Å². The molecule has 0 aliphatic carbocycles. The van der Waals surface area contributed by atoms with Gasteiger partial charge in [-0.15, -0.1) is 11.8 Å². The Morgan fingerprint density at radius 2 is 1.67 bits per heavy atom. The number of hydrogen-bond donors (Lipinski definition) is 3. The molecule has 1 rings (SSSR count). The molecule has 0 unspecified atom stereocenters. The van der Waals surface area contributed by atoms with E-state index in [0.717, 1.165) is 12.2 Å². The smallest absolute Gasteiger partial charge is 0.132 e. The van der Waals surface area contributed by atoms with Crippen molar-refractivity contribution < 1.29 is 20.1 Å². The first-order valence-electron chi connectivity index (χ1n) is 6.94. The Balaban J connectivity index is 2.05. The minimum Gasteiger partial charge on any atom is -0.394 e. The normalized spacial score (nSPS) is 32.0. The number of rotatable bonds is 9. The Labute approximate surface area is 114 Å². The molecule has 3 N–H and O–H groups in total. The third kappa shape index (κ3) is 5.05. The fourth-order valence-electron chi connectivity index (χ4n) is 2.08. The van der Waals surface area contributed by atoms with Gasteiger partial charge in [0.05, 0.1) is 6.61 Å². The third-order valence-corrected chi connectivity index (χ3v) is 4.52. The lowest BCUT2D eigenvalue weighted by Gasteiger charge is -2.13. The molecular weight excluding hydrogens is 252 g/mol. The lowest BCUT2D eigenvalue weighted by atomic mass is 10.1. The minimum absolute atomic E-state index is 0.244. The van der Waals surface area contributed by atoms with E-state index in [9.17, 15) is 10.2 Å². The number of aliphatic hydroxyl groups excluding tert-OH is 3. The SMILES string of the molecule is CCCCCCCCS[C@H]1O[C@H](CO)[C@H](O)[C@@H]1O. The Morgan fingerprint density at radius 3 is 2.28 bits per heavy atom. The molecule has 1 heterocycles. The van der Waals surface area contributed by atoms with Crippen molar-refractivity contribution in [1.29, 1.82) is 0 Å². The molecule has 0 aromatic heterocycles. The molecule has 4 nitrogen and oxygen atoms in total. The molecule has 0 spiro atoms. The van der Waals surface area contributed by atoms with Gasteiger partial charge in [0.2, 0.25) is 0 Å². The van der Waals surface area contributed by atoms with Crippen LogP contribution in [0.1, 0.15) is 45.4 Å². The summed E-state index contributed by atoms with van der Waals surface area (Å²) in [5, 5.41) is 28.3. The van der Waals surface area contributed by atoms with Crippen molar-refractivity contribution in [1.82, 2.24) is 0 Å². The molecule has 0 aromatic carbocycles. The van der Waals surface area contributed by atoms with E-state index in [4.69, 9.17) is 9.84 Å². The number of thioether (sulfide) groups is 1. The number of ether oxygens (including phenoxy) is 1. The van der Waals surface area contributed by atoms with E-state index in [-0.39, 0.29) is 6.61 Å². The van der Waals surface area contributed by atoms with E-state index in [0.29, 0.717) is 0 Å². The van der Waals surface area contributed by atoms with E-state index in [1.54, 1.807) is 0 Å². The van der Waals surface area contributed by atoms with Crippen molar-refractivity contribution in [2.45, 2.75) is 69.2 Å². The van der Waals surface area contributed by atoms with E-state index in [2.05, 4.69) is 6.92 Å². The first-order chi connectivity index (χ1) is 8.70. The maximum atomic E-state index is 9.72. The van der Waals surface area contributed by atoms with Crippen molar-refractivity contribution in [3.63, 3.8) is 0 Å². The van der Waals surface area contributed by atoms with Crippen LogP contribution >= 0.6 is 11.8 Å². The molecule has 0 saturated carbocycles. The number of hydrogen-bond acceptors (Lipinski definition) is 5. The molecule has 0 amide bonds. The maximum absolute atomic E-state index is 9.72. The van der Waals surface area contributed by atoms with Crippen molar-refractivity contribution in [3.05, 3.63) is 0 Å². The topological polar surface area (TPSA) is 69.9 Å². The summed E-state index contributed by atoms with van der Waals surface area (Å²) in [4.78, 5) is 0. The largest absolute Gasteiger partial charge is 0.394 e. The van der Waals surface area contributed by atoms with Crippen LogP contribution in [0.3, 0.4) is 0 Å². The molecule has 1 fully saturated rings. The summed E-state index contributed by atoms with van der Waals surface area (Å²) in [6.07, 6.45) is 4.98. The van der Waals surface area contributed by atoms with Crippen molar-refractivity contribution in [2.75, 3.05) is 12.4 Å². The second-order valence-corrected chi connectivity index (χ2v) is 6.05. The van der Waals surface area contributed by atoms with E-state index < -0.39 is 23.7 Å². The summed E-state index contributed by atoms with van der Waals surface area (Å²) in [7, 11) is 0. The first-order valence-corrected chi connectivity index (χ1v) is 7.99. The predicted octanol–water partition coefficient (Wildman–Crippen LogP) is 1.52. The van der Waals surface area contributed by atoms with Crippen molar-refractivity contribution in [2.24, 2.45) is 0 Å². The average molecular weight is 278 g/mol. The Bertz CT molecular complexity index is 215. The van der Waals surface area contributed by atoms with Gasteiger partial charge in [-0.2, -0.15) is 0 Å². The van der Waals surface area contributed by atoms with E-state index >= 15 is 0 Å². The highest BCUT2D eigenvalue weighted by Crippen LogP contribution is 2.29. The molecule has 0 aromatic rings. The van der Waals surface area contributed by atoms with Gasteiger partial charge in [0.25, 0.3) is 0 Å². The Morgan fingerprint density at radius 1 is 1.00 bits per heavy atom. The summed E-state index contributed by atoms with van der Waals surface area (Å²) < 4.78 is 5.39. The highest BCUT2D eigenvalue weighted by atomic mass is 32.2. The fraction of sp³-hybridized carbons (Fsp3) is 1.00. The molecule has 0 bridgehead atoms. The zero-order valence-corrected chi connectivity index (χ0v) is 11.9. The summed E-state index contributed by atoms with van der Waals surface area (Å²) in [6, 6.07) is 0. The van der Waals surface area contributed by atoms with Crippen LogP contribution in [-0.4, -0.2) is 51.4 Å². The van der Waals surface area contributed by atoms with Crippen LogP contribution in [-0.2, 0) is 4.74 Å². The highest BCUT2D eigenvalue weighted by Gasteiger charge is 2.42. The molecular formula is C13H26O4S. The molecule has 1 saturated heterocycles. The van der Waals surface area contributed by atoms with Crippen LogP contribution in [0, 0.1) is 0 Å². The Hall–Kier alpha value is 0.190. The van der Waals surface area contributed by atoms with Crippen LogP contribution < -0.4 is 0 Å². The Kier molecular flexibility index (Phi) is 8.26. The van der Waals surface area contributed by atoms with Gasteiger partial charge in [-0.25, -0.2) is 0 Å².